The van der Waals surface area contributed by atoms with E-state index in [0.717, 1.165) is 0 Å². The Kier molecular flexibility index (Phi) is 5.51. The topological polar surface area (TPSA) is 76.4 Å². The molecule has 0 aliphatic carbocycles. The van der Waals surface area contributed by atoms with Gasteiger partial charge in [0.2, 0.25) is 0 Å². The molecule has 0 heterocycles. The van der Waals surface area contributed by atoms with Crippen LogP contribution in [0.2, 0.25) is 0 Å². The van der Waals surface area contributed by atoms with Crippen molar-refractivity contribution in [2.75, 3.05) is 14.2 Å². The van der Waals surface area contributed by atoms with Gasteiger partial charge in [-0.3, -0.25) is 9.59 Å². The number of ether oxygens (including phenoxy) is 2. The molecule has 0 spiro atoms. The summed E-state index contributed by atoms with van der Waals surface area (Å²) < 4.78 is 9.15. The summed E-state index contributed by atoms with van der Waals surface area (Å²) in [5.74, 6) is -1.64. The predicted octanol–water partition coefficient (Wildman–Crippen LogP) is 1.28. The zero-order valence-electron chi connectivity index (χ0n) is 10.1. The quantitative estimate of drug-likeness (QED) is 0.661. The summed E-state index contributed by atoms with van der Waals surface area (Å²) in [6.07, 6.45) is 0.0988. The van der Waals surface area contributed by atoms with Crippen molar-refractivity contribution in [2.24, 2.45) is 11.3 Å². The third-order valence-corrected chi connectivity index (χ3v) is 2.56. The second kappa shape index (κ2) is 6.11. The molecule has 1 atom stereocenters. The van der Waals surface area contributed by atoms with Crippen molar-refractivity contribution in [1.82, 2.24) is 0 Å². The van der Waals surface area contributed by atoms with Gasteiger partial charge >= 0.3 is 11.9 Å². The van der Waals surface area contributed by atoms with Gasteiger partial charge in [0.05, 0.1) is 32.6 Å². The minimum atomic E-state index is -0.662. The first-order valence-electron chi connectivity index (χ1n) is 4.90. The summed E-state index contributed by atoms with van der Waals surface area (Å²) in [6, 6.07) is 2.00. The maximum absolute atomic E-state index is 11.5. The molecule has 5 heteroatoms. The highest BCUT2D eigenvalue weighted by atomic mass is 16.5. The zero-order chi connectivity index (χ0) is 12.8. The van der Waals surface area contributed by atoms with E-state index in [9.17, 15) is 9.59 Å². The van der Waals surface area contributed by atoms with Crippen molar-refractivity contribution in [2.45, 2.75) is 26.7 Å². The first kappa shape index (κ1) is 14.4. The van der Waals surface area contributed by atoms with Crippen molar-refractivity contribution in [1.29, 1.82) is 5.26 Å². The Labute approximate surface area is 95.3 Å². The van der Waals surface area contributed by atoms with Crippen LogP contribution >= 0.6 is 0 Å². The highest BCUT2D eigenvalue weighted by Gasteiger charge is 2.37. The van der Waals surface area contributed by atoms with Crippen LogP contribution in [0.5, 0.6) is 0 Å². The highest BCUT2D eigenvalue weighted by Crippen LogP contribution is 2.33. The van der Waals surface area contributed by atoms with Gasteiger partial charge in [0, 0.05) is 6.42 Å². The van der Waals surface area contributed by atoms with E-state index in [4.69, 9.17) is 5.26 Å². The molecule has 0 aromatic heterocycles. The van der Waals surface area contributed by atoms with Gasteiger partial charge in [-0.25, -0.2) is 0 Å². The van der Waals surface area contributed by atoms with Crippen molar-refractivity contribution >= 4 is 11.9 Å². The molecule has 90 valence electrons. The van der Waals surface area contributed by atoms with E-state index in [2.05, 4.69) is 9.47 Å². The molecular formula is C11H17NO4. The summed E-state index contributed by atoms with van der Waals surface area (Å²) >= 11 is 0. The van der Waals surface area contributed by atoms with Gasteiger partial charge in [0.15, 0.2) is 0 Å². The average Bonchev–Trinajstić information content (AvgIpc) is 2.24. The number of carbonyl (C=O) groups is 2. The fourth-order valence-electron chi connectivity index (χ4n) is 1.40. The maximum atomic E-state index is 11.5. The summed E-state index contributed by atoms with van der Waals surface area (Å²) in [5, 5.41) is 8.68. The number of hydrogen-bond donors (Lipinski definition) is 0. The lowest BCUT2D eigenvalue weighted by molar-refractivity contribution is -0.156. The second-order valence-electron chi connectivity index (χ2n) is 4.18. The molecule has 1 unspecified atom stereocenters. The van der Waals surface area contributed by atoms with E-state index in [1.165, 1.54) is 14.2 Å². The van der Waals surface area contributed by atoms with E-state index in [0.29, 0.717) is 0 Å². The Hall–Kier alpha value is -1.57. The molecule has 0 saturated heterocycles. The van der Waals surface area contributed by atoms with Crippen LogP contribution < -0.4 is 0 Å². The van der Waals surface area contributed by atoms with Gasteiger partial charge < -0.3 is 9.47 Å². The Balaban J connectivity index is 4.87. The van der Waals surface area contributed by atoms with Crippen LogP contribution in [0.3, 0.4) is 0 Å². The fraction of sp³-hybridized carbons (Fsp3) is 0.727. The fourth-order valence-corrected chi connectivity index (χ4v) is 1.40. The number of nitriles is 1. The molecule has 0 fully saturated rings. The van der Waals surface area contributed by atoms with Gasteiger partial charge in [0.1, 0.15) is 0 Å². The van der Waals surface area contributed by atoms with Crippen LogP contribution in [0.4, 0.5) is 0 Å². The smallest absolute Gasteiger partial charge is 0.309 e. The largest absolute Gasteiger partial charge is 0.469 e. The minimum absolute atomic E-state index is 0.0716. The lowest BCUT2D eigenvalue weighted by atomic mass is 9.75. The second-order valence-corrected chi connectivity index (χ2v) is 4.18. The van der Waals surface area contributed by atoms with Gasteiger partial charge in [0.25, 0.3) is 0 Å². The third-order valence-electron chi connectivity index (χ3n) is 2.56. The Bertz CT molecular complexity index is 304. The van der Waals surface area contributed by atoms with Gasteiger partial charge in [-0.05, 0) is 5.41 Å². The summed E-state index contributed by atoms with van der Waals surface area (Å²) in [4.78, 5) is 22.7. The Morgan fingerprint density at radius 3 is 2.25 bits per heavy atom. The van der Waals surface area contributed by atoms with Crippen LogP contribution in [0.25, 0.3) is 0 Å². The number of carbonyl (C=O) groups excluding carboxylic acids is 2. The van der Waals surface area contributed by atoms with E-state index < -0.39 is 23.3 Å². The minimum Gasteiger partial charge on any atom is -0.469 e. The number of hydrogen-bond acceptors (Lipinski definition) is 5. The lowest BCUT2D eigenvalue weighted by Crippen LogP contribution is -2.34. The van der Waals surface area contributed by atoms with Gasteiger partial charge in [-0.1, -0.05) is 13.8 Å². The van der Waals surface area contributed by atoms with Gasteiger partial charge in [-0.15, -0.1) is 0 Å². The maximum Gasteiger partial charge on any atom is 0.309 e. The number of rotatable bonds is 5. The molecule has 5 nitrogen and oxygen atoms in total. The molecule has 0 aliphatic rings. The number of esters is 2. The molecule has 0 aromatic carbocycles. The van der Waals surface area contributed by atoms with E-state index in [1.54, 1.807) is 13.8 Å². The van der Waals surface area contributed by atoms with Crippen LogP contribution in [0, 0.1) is 22.7 Å². The lowest BCUT2D eigenvalue weighted by Gasteiger charge is -2.29. The van der Waals surface area contributed by atoms with Crippen LogP contribution in [-0.2, 0) is 19.1 Å². The molecule has 0 radical (unpaired) electrons. The number of methoxy groups -OCH3 is 2. The normalized spacial score (nSPS) is 12.4. The van der Waals surface area contributed by atoms with Crippen LogP contribution in [0.15, 0.2) is 0 Å². The van der Waals surface area contributed by atoms with E-state index in [1.807, 2.05) is 6.07 Å². The molecule has 0 N–H and O–H groups in total. The molecule has 0 aliphatic heterocycles. The Morgan fingerprint density at radius 2 is 1.88 bits per heavy atom. The highest BCUT2D eigenvalue weighted by molar-refractivity contribution is 5.80. The molecule has 0 aromatic rings. The van der Waals surface area contributed by atoms with Crippen LogP contribution in [-0.4, -0.2) is 26.2 Å². The first-order valence-corrected chi connectivity index (χ1v) is 4.90. The molecule has 0 amide bonds. The van der Waals surface area contributed by atoms with Crippen LogP contribution in [0.1, 0.15) is 26.7 Å². The monoisotopic (exact) mass is 227 g/mol. The van der Waals surface area contributed by atoms with Crippen molar-refractivity contribution in [3.63, 3.8) is 0 Å². The molecule has 0 bridgehead atoms. The molecular weight excluding hydrogens is 210 g/mol. The van der Waals surface area contributed by atoms with Gasteiger partial charge in [-0.2, -0.15) is 5.26 Å². The summed E-state index contributed by atoms with van der Waals surface area (Å²) in [6.45, 7) is 3.50. The zero-order valence-corrected chi connectivity index (χ0v) is 10.1. The molecule has 16 heavy (non-hydrogen) atoms. The molecule has 0 saturated carbocycles. The average molecular weight is 227 g/mol. The number of nitrogens with zero attached hydrogens (tertiary/aromatic N) is 1. The summed E-state index contributed by atoms with van der Waals surface area (Å²) in [5.41, 5.74) is -0.615. The third kappa shape index (κ3) is 3.89. The first-order chi connectivity index (χ1) is 7.38. The van der Waals surface area contributed by atoms with Crippen molar-refractivity contribution in [3.05, 3.63) is 0 Å². The van der Waals surface area contributed by atoms with Crippen molar-refractivity contribution < 1.29 is 19.1 Å². The summed E-state index contributed by atoms with van der Waals surface area (Å²) in [7, 11) is 2.52. The standard InChI is InChI=1S/C11H17NO4/c1-11(2,5-6-12)8(10(14)16-4)7-9(13)15-3/h8H,5,7H2,1-4H3. The predicted molar refractivity (Wildman–Crippen MR) is 56.2 cm³/mol. The van der Waals surface area contributed by atoms with E-state index in [-0.39, 0.29) is 12.8 Å². The molecule has 0 rings (SSSR count). The van der Waals surface area contributed by atoms with Crippen molar-refractivity contribution in [3.8, 4) is 6.07 Å². The SMILES string of the molecule is COC(=O)CC(C(=O)OC)C(C)(C)CC#N. The Morgan fingerprint density at radius 1 is 1.31 bits per heavy atom. The van der Waals surface area contributed by atoms with E-state index >= 15 is 0 Å².